The Morgan fingerprint density at radius 3 is 2.50 bits per heavy atom. The van der Waals surface area contributed by atoms with Gasteiger partial charge in [0.2, 0.25) is 0 Å². The number of hydrogen-bond donors (Lipinski definition) is 1. The van der Waals surface area contributed by atoms with E-state index in [0.717, 1.165) is 18.4 Å². The Labute approximate surface area is 119 Å². The molecule has 2 saturated heterocycles. The van der Waals surface area contributed by atoms with Gasteiger partial charge < -0.3 is 14.6 Å². The van der Waals surface area contributed by atoms with Gasteiger partial charge in [-0.2, -0.15) is 0 Å². The molecule has 2 aromatic rings. The summed E-state index contributed by atoms with van der Waals surface area (Å²) in [5.41, 5.74) is 1.69. The number of nitrogens with zero attached hydrogens (tertiary/aromatic N) is 2. The molecule has 0 aliphatic carbocycles. The Morgan fingerprint density at radius 1 is 1.10 bits per heavy atom. The molecule has 2 fully saturated rings. The van der Waals surface area contributed by atoms with Crippen LogP contribution in [-0.2, 0) is 12.6 Å². The first-order valence-corrected chi connectivity index (χ1v) is 7.57. The number of piperidine rings is 1. The van der Waals surface area contributed by atoms with Crippen molar-refractivity contribution < 1.29 is 5.11 Å². The van der Waals surface area contributed by atoms with Crippen molar-refractivity contribution in [3.63, 3.8) is 0 Å². The third-order valence-corrected chi connectivity index (χ3v) is 5.55. The molecule has 3 heterocycles. The quantitative estimate of drug-likeness (QED) is 0.863. The predicted octanol–water partition coefficient (Wildman–Crippen LogP) is 2.62. The van der Waals surface area contributed by atoms with Gasteiger partial charge in [-0.25, -0.2) is 0 Å². The smallest absolute Gasteiger partial charge is 0.0926 e. The topological polar surface area (TPSA) is 28.4 Å². The van der Waals surface area contributed by atoms with Gasteiger partial charge in [0.05, 0.1) is 5.60 Å². The van der Waals surface area contributed by atoms with Crippen LogP contribution >= 0.6 is 0 Å². The molecular weight excluding hydrogens is 248 g/mol. The van der Waals surface area contributed by atoms with Gasteiger partial charge in [0.1, 0.15) is 0 Å². The maximum absolute atomic E-state index is 11.2. The first-order valence-electron chi connectivity index (χ1n) is 7.57. The molecule has 2 aliphatic heterocycles. The molecule has 2 atom stereocenters. The predicted molar refractivity (Wildman–Crippen MR) is 80.6 cm³/mol. The van der Waals surface area contributed by atoms with Crippen LogP contribution in [0, 0.1) is 0 Å². The van der Waals surface area contributed by atoms with E-state index >= 15 is 0 Å². The highest BCUT2D eigenvalue weighted by Gasteiger charge is 2.46. The fraction of sp³-hybridized carbons (Fsp3) is 0.529. The van der Waals surface area contributed by atoms with Gasteiger partial charge in [-0.05, 0) is 61.9 Å². The summed E-state index contributed by atoms with van der Waals surface area (Å²) >= 11 is 0. The molecule has 0 amide bonds. The molecule has 4 rings (SSSR count). The van der Waals surface area contributed by atoms with Crippen molar-refractivity contribution in [1.82, 2.24) is 9.47 Å². The van der Waals surface area contributed by atoms with Gasteiger partial charge in [-0.3, -0.25) is 0 Å². The highest BCUT2D eigenvalue weighted by atomic mass is 16.3. The molecule has 2 aliphatic rings. The molecule has 1 aromatic heterocycles. The SMILES string of the molecule is CN1C2CCC1CC(O)(c1ccc3c(ccn3C)c1)C2. The van der Waals surface area contributed by atoms with Crippen molar-refractivity contribution in [3.8, 4) is 0 Å². The van der Waals surface area contributed by atoms with Crippen LogP contribution in [0.1, 0.15) is 31.2 Å². The van der Waals surface area contributed by atoms with E-state index in [1.165, 1.54) is 23.7 Å². The Kier molecular flexibility index (Phi) is 2.54. The molecule has 2 bridgehead atoms. The van der Waals surface area contributed by atoms with Crippen LogP contribution in [0.4, 0.5) is 0 Å². The second-order valence-corrected chi connectivity index (χ2v) is 6.69. The van der Waals surface area contributed by atoms with Crippen molar-refractivity contribution >= 4 is 10.9 Å². The lowest BCUT2D eigenvalue weighted by molar-refractivity contribution is -0.0492. The van der Waals surface area contributed by atoms with Gasteiger partial charge >= 0.3 is 0 Å². The first-order chi connectivity index (χ1) is 9.57. The van der Waals surface area contributed by atoms with E-state index in [1.54, 1.807) is 0 Å². The molecule has 0 spiro atoms. The summed E-state index contributed by atoms with van der Waals surface area (Å²) in [7, 11) is 4.27. The van der Waals surface area contributed by atoms with Crippen LogP contribution in [0.3, 0.4) is 0 Å². The average molecular weight is 270 g/mol. The number of aryl methyl sites for hydroxylation is 1. The van der Waals surface area contributed by atoms with Crippen LogP contribution in [0.5, 0.6) is 0 Å². The highest BCUT2D eigenvalue weighted by Crippen LogP contribution is 2.45. The summed E-state index contributed by atoms with van der Waals surface area (Å²) in [6, 6.07) is 9.66. The lowest BCUT2D eigenvalue weighted by Crippen LogP contribution is -2.47. The Bertz CT molecular complexity index is 646. The van der Waals surface area contributed by atoms with E-state index in [1.807, 2.05) is 0 Å². The summed E-state index contributed by atoms with van der Waals surface area (Å²) in [6.07, 6.45) is 6.29. The zero-order valence-electron chi connectivity index (χ0n) is 12.2. The second kappa shape index (κ2) is 4.09. The molecule has 3 heteroatoms. The summed E-state index contributed by atoms with van der Waals surface area (Å²) in [6.45, 7) is 0. The number of benzene rings is 1. The zero-order chi connectivity index (χ0) is 13.9. The fourth-order valence-electron chi connectivity index (χ4n) is 4.25. The minimum absolute atomic E-state index is 0.547. The molecule has 0 radical (unpaired) electrons. The van der Waals surface area contributed by atoms with E-state index in [4.69, 9.17) is 0 Å². The lowest BCUT2D eigenvalue weighted by Gasteiger charge is -2.42. The Balaban J connectivity index is 1.74. The molecule has 1 N–H and O–H groups in total. The van der Waals surface area contributed by atoms with E-state index in [9.17, 15) is 5.11 Å². The maximum atomic E-state index is 11.2. The Hall–Kier alpha value is -1.32. The van der Waals surface area contributed by atoms with Crippen molar-refractivity contribution in [2.24, 2.45) is 7.05 Å². The van der Waals surface area contributed by atoms with E-state index in [-0.39, 0.29) is 0 Å². The number of rotatable bonds is 1. The number of aromatic nitrogens is 1. The van der Waals surface area contributed by atoms with Crippen molar-refractivity contribution in [2.75, 3.05) is 7.05 Å². The van der Waals surface area contributed by atoms with Gasteiger partial charge in [-0.1, -0.05) is 6.07 Å². The summed E-state index contributed by atoms with van der Waals surface area (Å²) in [5, 5.41) is 12.4. The standard InChI is InChI=1S/C17H22N2O/c1-18-8-7-12-9-13(3-6-16(12)18)17(20)10-14-4-5-15(11-17)19(14)2/h3,6-9,14-15,20H,4-5,10-11H2,1-2H3. The minimum Gasteiger partial charge on any atom is -0.385 e. The minimum atomic E-state index is -0.637. The lowest BCUT2D eigenvalue weighted by atomic mass is 9.80. The largest absolute Gasteiger partial charge is 0.385 e. The van der Waals surface area contributed by atoms with Gasteiger partial charge in [-0.15, -0.1) is 0 Å². The van der Waals surface area contributed by atoms with Gasteiger partial charge in [0.25, 0.3) is 0 Å². The third kappa shape index (κ3) is 1.66. The van der Waals surface area contributed by atoms with Gasteiger partial charge in [0, 0.05) is 30.8 Å². The Morgan fingerprint density at radius 2 is 1.80 bits per heavy atom. The van der Waals surface area contributed by atoms with Crippen LogP contribution < -0.4 is 0 Å². The third-order valence-electron chi connectivity index (χ3n) is 5.55. The summed E-state index contributed by atoms with van der Waals surface area (Å²) in [4.78, 5) is 2.47. The molecule has 0 saturated carbocycles. The first kappa shape index (κ1) is 12.4. The van der Waals surface area contributed by atoms with Crippen LogP contribution in [0.15, 0.2) is 30.5 Å². The van der Waals surface area contributed by atoms with E-state index in [2.05, 4.69) is 54.0 Å². The highest BCUT2D eigenvalue weighted by molar-refractivity contribution is 5.81. The molecule has 1 aromatic carbocycles. The molecule has 2 unspecified atom stereocenters. The van der Waals surface area contributed by atoms with Crippen LogP contribution in [0.25, 0.3) is 10.9 Å². The number of aliphatic hydroxyl groups is 1. The maximum Gasteiger partial charge on any atom is 0.0926 e. The second-order valence-electron chi connectivity index (χ2n) is 6.69. The molecule has 20 heavy (non-hydrogen) atoms. The summed E-state index contributed by atoms with van der Waals surface area (Å²) in [5.74, 6) is 0. The van der Waals surface area contributed by atoms with E-state index in [0.29, 0.717) is 12.1 Å². The monoisotopic (exact) mass is 270 g/mol. The molecule has 106 valence electrons. The van der Waals surface area contributed by atoms with E-state index < -0.39 is 5.60 Å². The van der Waals surface area contributed by atoms with Crippen molar-refractivity contribution in [1.29, 1.82) is 0 Å². The number of fused-ring (bicyclic) bond motifs is 3. The molecular formula is C17H22N2O. The van der Waals surface area contributed by atoms with Gasteiger partial charge in [0.15, 0.2) is 0 Å². The van der Waals surface area contributed by atoms with Crippen molar-refractivity contribution in [2.45, 2.75) is 43.4 Å². The van der Waals surface area contributed by atoms with Crippen molar-refractivity contribution in [3.05, 3.63) is 36.0 Å². The molecule has 3 nitrogen and oxygen atoms in total. The average Bonchev–Trinajstić information content (AvgIpc) is 2.89. The fourth-order valence-corrected chi connectivity index (χ4v) is 4.25. The summed E-state index contributed by atoms with van der Waals surface area (Å²) < 4.78 is 2.13. The van der Waals surface area contributed by atoms with Crippen LogP contribution in [0.2, 0.25) is 0 Å². The zero-order valence-corrected chi connectivity index (χ0v) is 12.2. The normalized spacial score (nSPS) is 34.0. The number of hydrogen-bond acceptors (Lipinski definition) is 2. The van der Waals surface area contributed by atoms with Crippen LogP contribution in [-0.4, -0.2) is 33.7 Å².